The summed E-state index contributed by atoms with van der Waals surface area (Å²) in [6.07, 6.45) is 11.3. The number of rotatable bonds is 5. The third kappa shape index (κ3) is 3.69. The van der Waals surface area contributed by atoms with Gasteiger partial charge in [-0.3, -0.25) is 0 Å². The summed E-state index contributed by atoms with van der Waals surface area (Å²) in [6.45, 7) is 3.16. The van der Waals surface area contributed by atoms with Gasteiger partial charge in [-0.15, -0.1) is 0 Å². The van der Waals surface area contributed by atoms with Crippen LogP contribution in [0, 0.1) is 11.8 Å². The molecular formula is C15H28O2. The van der Waals surface area contributed by atoms with E-state index in [4.69, 9.17) is 4.74 Å². The summed E-state index contributed by atoms with van der Waals surface area (Å²) in [5.74, 6) is 1.48. The van der Waals surface area contributed by atoms with Crippen molar-refractivity contribution >= 4 is 0 Å². The van der Waals surface area contributed by atoms with Gasteiger partial charge in [-0.1, -0.05) is 26.2 Å². The molecule has 2 aliphatic carbocycles. The maximum atomic E-state index is 9.82. The molecule has 0 amide bonds. The molecule has 4 unspecified atom stereocenters. The molecule has 1 N–H and O–H groups in total. The Bertz CT molecular complexity index is 217. The van der Waals surface area contributed by atoms with Gasteiger partial charge in [0.1, 0.15) is 0 Å². The summed E-state index contributed by atoms with van der Waals surface area (Å²) in [7, 11) is 0. The first-order valence-corrected chi connectivity index (χ1v) is 7.61. The Morgan fingerprint density at radius 3 is 2.82 bits per heavy atom. The molecule has 2 rings (SSSR count). The van der Waals surface area contributed by atoms with Gasteiger partial charge in [0.05, 0.1) is 12.2 Å². The molecule has 0 spiro atoms. The van der Waals surface area contributed by atoms with Crippen LogP contribution < -0.4 is 0 Å². The molecule has 2 heteroatoms. The summed E-state index contributed by atoms with van der Waals surface area (Å²) in [4.78, 5) is 0. The quantitative estimate of drug-likeness (QED) is 0.745. The number of hydrogen-bond donors (Lipinski definition) is 1. The van der Waals surface area contributed by atoms with Gasteiger partial charge < -0.3 is 9.84 Å². The number of unbranched alkanes of at least 4 members (excludes halogenated alkanes) is 2. The third-order valence-electron chi connectivity index (χ3n) is 4.64. The molecule has 100 valence electrons. The SMILES string of the molecule is CCCCCOC1CCCC2CCC(O)CC21. The minimum Gasteiger partial charge on any atom is -0.393 e. The van der Waals surface area contributed by atoms with Crippen LogP contribution in [-0.2, 0) is 4.74 Å². The highest BCUT2D eigenvalue weighted by molar-refractivity contribution is 4.88. The average Bonchev–Trinajstić information content (AvgIpc) is 2.35. The maximum absolute atomic E-state index is 9.82. The van der Waals surface area contributed by atoms with Crippen molar-refractivity contribution in [2.75, 3.05) is 6.61 Å². The van der Waals surface area contributed by atoms with Crippen LogP contribution in [0.2, 0.25) is 0 Å². The van der Waals surface area contributed by atoms with Crippen molar-refractivity contribution < 1.29 is 9.84 Å². The zero-order chi connectivity index (χ0) is 12.1. The lowest BCUT2D eigenvalue weighted by Crippen LogP contribution is -2.40. The molecule has 0 aliphatic heterocycles. The summed E-state index contributed by atoms with van der Waals surface area (Å²) >= 11 is 0. The van der Waals surface area contributed by atoms with Crippen molar-refractivity contribution in [2.45, 2.75) is 76.9 Å². The van der Waals surface area contributed by atoms with Crippen molar-refractivity contribution in [3.63, 3.8) is 0 Å². The summed E-state index contributed by atoms with van der Waals surface area (Å²) in [5, 5.41) is 9.82. The molecular weight excluding hydrogens is 212 g/mol. The second kappa shape index (κ2) is 6.75. The van der Waals surface area contributed by atoms with Gasteiger partial charge in [-0.25, -0.2) is 0 Å². The van der Waals surface area contributed by atoms with E-state index in [2.05, 4.69) is 6.92 Å². The van der Waals surface area contributed by atoms with Gasteiger partial charge in [0.25, 0.3) is 0 Å². The highest BCUT2D eigenvalue weighted by Crippen LogP contribution is 2.41. The predicted molar refractivity (Wildman–Crippen MR) is 70.0 cm³/mol. The minimum absolute atomic E-state index is 0.0592. The van der Waals surface area contributed by atoms with E-state index < -0.39 is 0 Å². The van der Waals surface area contributed by atoms with Crippen LogP contribution in [-0.4, -0.2) is 23.9 Å². The Kier molecular flexibility index (Phi) is 5.30. The molecule has 2 saturated carbocycles. The monoisotopic (exact) mass is 240 g/mol. The van der Waals surface area contributed by atoms with Crippen molar-refractivity contribution in [1.82, 2.24) is 0 Å². The standard InChI is InChI=1S/C15H28O2/c1-2-3-4-10-17-15-7-5-6-12-8-9-13(16)11-14(12)15/h12-16H,2-11H2,1H3. The van der Waals surface area contributed by atoms with E-state index in [1.807, 2.05) is 0 Å². The van der Waals surface area contributed by atoms with Crippen LogP contribution >= 0.6 is 0 Å². The zero-order valence-electron chi connectivity index (χ0n) is 11.2. The molecule has 17 heavy (non-hydrogen) atoms. The van der Waals surface area contributed by atoms with E-state index in [0.29, 0.717) is 12.0 Å². The van der Waals surface area contributed by atoms with E-state index in [0.717, 1.165) is 25.4 Å². The van der Waals surface area contributed by atoms with Gasteiger partial charge in [-0.05, 0) is 50.4 Å². The van der Waals surface area contributed by atoms with Crippen LogP contribution in [0.1, 0.15) is 64.7 Å². The third-order valence-corrected chi connectivity index (χ3v) is 4.64. The first kappa shape index (κ1) is 13.4. The van der Waals surface area contributed by atoms with E-state index in [1.165, 1.54) is 44.9 Å². The van der Waals surface area contributed by atoms with Crippen molar-refractivity contribution in [3.8, 4) is 0 Å². The Morgan fingerprint density at radius 1 is 1.12 bits per heavy atom. The summed E-state index contributed by atoms with van der Waals surface area (Å²) < 4.78 is 6.09. The lowest BCUT2D eigenvalue weighted by Gasteiger charge is -2.42. The number of ether oxygens (including phenoxy) is 1. The van der Waals surface area contributed by atoms with Crippen LogP contribution in [0.5, 0.6) is 0 Å². The lowest BCUT2D eigenvalue weighted by molar-refractivity contribution is -0.0701. The van der Waals surface area contributed by atoms with Gasteiger partial charge in [0.15, 0.2) is 0 Å². The minimum atomic E-state index is -0.0592. The molecule has 0 saturated heterocycles. The molecule has 4 atom stereocenters. The molecule has 2 fully saturated rings. The van der Waals surface area contributed by atoms with Crippen LogP contribution in [0.3, 0.4) is 0 Å². The van der Waals surface area contributed by atoms with Crippen LogP contribution in [0.25, 0.3) is 0 Å². The fourth-order valence-corrected chi connectivity index (χ4v) is 3.65. The zero-order valence-corrected chi connectivity index (χ0v) is 11.2. The molecule has 2 aliphatic rings. The number of fused-ring (bicyclic) bond motifs is 1. The van der Waals surface area contributed by atoms with E-state index in [-0.39, 0.29) is 6.10 Å². The smallest absolute Gasteiger partial charge is 0.0606 e. The van der Waals surface area contributed by atoms with Gasteiger partial charge in [0.2, 0.25) is 0 Å². The van der Waals surface area contributed by atoms with Crippen LogP contribution in [0.4, 0.5) is 0 Å². The van der Waals surface area contributed by atoms with Crippen molar-refractivity contribution in [3.05, 3.63) is 0 Å². The number of aliphatic hydroxyl groups is 1. The Morgan fingerprint density at radius 2 is 2.00 bits per heavy atom. The van der Waals surface area contributed by atoms with E-state index in [1.54, 1.807) is 0 Å². The normalized spacial score (nSPS) is 37.8. The molecule has 0 aromatic heterocycles. The van der Waals surface area contributed by atoms with Gasteiger partial charge >= 0.3 is 0 Å². The fourth-order valence-electron chi connectivity index (χ4n) is 3.65. The molecule has 0 heterocycles. The molecule has 0 radical (unpaired) electrons. The molecule has 0 aromatic rings. The van der Waals surface area contributed by atoms with Gasteiger partial charge in [-0.2, -0.15) is 0 Å². The second-order valence-electron chi connectivity index (χ2n) is 5.94. The van der Waals surface area contributed by atoms with Crippen molar-refractivity contribution in [1.29, 1.82) is 0 Å². The topological polar surface area (TPSA) is 29.5 Å². The van der Waals surface area contributed by atoms with E-state index in [9.17, 15) is 5.11 Å². The van der Waals surface area contributed by atoms with Gasteiger partial charge in [0, 0.05) is 6.61 Å². The highest BCUT2D eigenvalue weighted by atomic mass is 16.5. The Labute approximate surface area is 106 Å². The van der Waals surface area contributed by atoms with E-state index >= 15 is 0 Å². The summed E-state index contributed by atoms with van der Waals surface area (Å²) in [6, 6.07) is 0. The molecule has 0 bridgehead atoms. The largest absolute Gasteiger partial charge is 0.393 e. The second-order valence-corrected chi connectivity index (χ2v) is 5.94. The fraction of sp³-hybridized carbons (Fsp3) is 1.00. The lowest BCUT2D eigenvalue weighted by atomic mass is 9.68. The highest BCUT2D eigenvalue weighted by Gasteiger charge is 2.37. The molecule has 2 nitrogen and oxygen atoms in total. The number of aliphatic hydroxyl groups excluding tert-OH is 1. The van der Waals surface area contributed by atoms with Crippen molar-refractivity contribution in [2.24, 2.45) is 11.8 Å². The first-order valence-electron chi connectivity index (χ1n) is 7.61. The maximum Gasteiger partial charge on any atom is 0.0606 e. The average molecular weight is 240 g/mol. The predicted octanol–water partition coefficient (Wildman–Crippen LogP) is 3.52. The van der Waals surface area contributed by atoms with Crippen LogP contribution in [0.15, 0.2) is 0 Å². The Hall–Kier alpha value is -0.0800. The molecule has 0 aromatic carbocycles. The summed E-state index contributed by atoms with van der Waals surface area (Å²) in [5.41, 5.74) is 0. The first-order chi connectivity index (χ1) is 8.31. The number of hydrogen-bond acceptors (Lipinski definition) is 2. The Balaban J connectivity index is 1.78.